The average molecular weight is 345 g/mol. The van der Waals surface area contributed by atoms with Crippen molar-refractivity contribution >= 4 is 17.5 Å². The van der Waals surface area contributed by atoms with Crippen molar-refractivity contribution in [3.63, 3.8) is 0 Å². The quantitative estimate of drug-likeness (QED) is 0.893. The number of carbonyl (C=O) groups excluding carboxylic acids is 2. The zero-order chi connectivity index (χ0) is 18.6. The van der Waals surface area contributed by atoms with E-state index in [2.05, 4.69) is 24.1 Å². The SMILES string of the molecule is Cc1cccc(C)c1NC(=O)CN(C)C(=O)CN1C[C@H](C)C[C@H](C)C1. The van der Waals surface area contributed by atoms with Gasteiger partial charge < -0.3 is 10.2 Å². The maximum atomic E-state index is 12.5. The molecule has 5 heteroatoms. The lowest BCUT2D eigenvalue weighted by Crippen LogP contribution is -2.46. The van der Waals surface area contributed by atoms with Gasteiger partial charge in [-0.1, -0.05) is 32.0 Å². The summed E-state index contributed by atoms with van der Waals surface area (Å²) in [7, 11) is 1.70. The first kappa shape index (κ1) is 19.4. The smallest absolute Gasteiger partial charge is 0.243 e. The van der Waals surface area contributed by atoms with Gasteiger partial charge in [0.15, 0.2) is 0 Å². The monoisotopic (exact) mass is 345 g/mol. The number of anilines is 1. The molecule has 1 saturated heterocycles. The second-order valence-corrected chi connectivity index (χ2v) is 7.70. The van der Waals surface area contributed by atoms with Crippen molar-refractivity contribution in [1.29, 1.82) is 0 Å². The highest BCUT2D eigenvalue weighted by Crippen LogP contribution is 2.21. The molecule has 138 valence electrons. The number of likely N-dealkylation sites (tertiary alicyclic amines) is 1. The molecule has 0 bridgehead atoms. The molecule has 0 radical (unpaired) electrons. The molecule has 1 N–H and O–H groups in total. The van der Waals surface area contributed by atoms with Crippen LogP contribution in [0.25, 0.3) is 0 Å². The Bertz CT molecular complexity index is 599. The van der Waals surface area contributed by atoms with E-state index >= 15 is 0 Å². The molecular weight excluding hydrogens is 314 g/mol. The standard InChI is InChI=1S/C20H31N3O2/c1-14-9-15(2)11-23(10-14)13-19(25)22(5)12-18(24)21-20-16(3)7-6-8-17(20)4/h6-8,14-15H,9-13H2,1-5H3,(H,21,24)/t14-,15+. The van der Waals surface area contributed by atoms with Crippen LogP contribution in [0.2, 0.25) is 0 Å². The van der Waals surface area contributed by atoms with Gasteiger partial charge in [-0.25, -0.2) is 0 Å². The van der Waals surface area contributed by atoms with Gasteiger partial charge in [-0.05, 0) is 43.2 Å². The maximum Gasteiger partial charge on any atom is 0.243 e. The van der Waals surface area contributed by atoms with Gasteiger partial charge in [-0.3, -0.25) is 14.5 Å². The summed E-state index contributed by atoms with van der Waals surface area (Å²) in [6, 6.07) is 5.91. The van der Waals surface area contributed by atoms with Gasteiger partial charge in [0.2, 0.25) is 11.8 Å². The van der Waals surface area contributed by atoms with Gasteiger partial charge in [-0.2, -0.15) is 0 Å². The molecular formula is C20H31N3O2. The molecule has 0 spiro atoms. The molecule has 1 fully saturated rings. The molecule has 2 rings (SSSR count). The lowest BCUT2D eigenvalue weighted by atomic mass is 9.92. The summed E-state index contributed by atoms with van der Waals surface area (Å²) in [6.45, 7) is 10.8. The highest BCUT2D eigenvalue weighted by Gasteiger charge is 2.24. The van der Waals surface area contributed by atoms with Crippen LogP contribution in [-0.4, -0.2) is 54.8 Å². The first-order chi connectivity index (χ1) is 11.8. The number of rotatable bonds is 5. The Hall–Kier alpha value is -1.88. The Morgan fingerprint density at radius 3 is 2.28 bits per heavy atom. The van der Waals surface area contributed by atoms with E-state index in [4.69, 9.17) is 0 Å². The Balaban J connectivity index is 1.87. The number of nitrogens with one attached hydrogen (secondary N) is 1. The number of nitrogens with zero attached hydrogens (tertiary/aromatic N) is 2. The van der Waals surface area contributed by atoms with Crippen molar-refractivity contribution in [2.75, 3.05) is 38.5 Å². The van der Waals surface area contributed by atoms with Crippen molar-refractivity contribution in [2.24, 2.45) is 11.8 Å². The molecule has 1 aliphatic rings. The molecule has 1 aliphatic heterocycles. The van der Waals surface area contributed by atoms with E-state index in [1.54, 1.807) is 7.05 Å². The number of hydrogen-bond donors (Lipinski definition) is 1. The molecule has 0 unspecified atom stereocenters. The lowest BCUT2D eigenvalue weighted by Gasteiger charge is -2.35. The summed E-state index contributed by atoms with van der Waals surface area (Å²) in [5.74, 6) is 1.08. The van der Waals surface area contributed by atoms with E-state index < -0.39 is 0 Å². The predicted octanol–water partition coefficient (Wildman–Crippen LogP) is 2.68. The third-order valence-corrected chi connectivity index (χ3v) is 4.86. The van der Waals surface area contributed by atoms with Gasteiger partial charge in [0.1, 0.15) is 0 Å². The molecule has 0 saturated carbocycles. The van der Waals surface area contributed by atoms with E-state index in [1.807, 2.05) is 32.0 Å². The van der Waals surface area contributed by atoms with Crippen molar-refractivity contribution in [3.05, 3.63) is 29.3 Å². The van der Waals surface area contributed by atoms with E-state index in [1.165, 1.54) is 11.3 Å². The average Bonchev–Trinajstić information content (AvgIpc) is 2.50. The normalized spacial score (nSPS) is 21.0. The van der Waals surface area contributed by atoms with Crippen LogP contribution in [0.1, 0.15) is 31.4 Å². The molecule has 0 aromatic heterocycles. The number of para-hydroxylation sites is 1. The van der Waals surface area contributed by atoms with Crippen molar-refractivity contribution in [3.8, 4) is 0 Å². The lowest BCUT2D eigenvalue weighted by molar-refractivity contribution is -0.134. The number of piperidine rings is 1. The third kappa shape index (κ3) is 5.56. The number of amides is 2. The summed E-state index contributed by atoms with van der Waals surface area (Å²) >= 11 is 0. The van der Waals surface area contributed by atoms with Gasteiger partial charge in [0, 0.05) is 25.8 Å². The highest BCUT2D eigenvalue weighted by molar-refractivity contribution is 5.95. The number of hydrogen-bond acceptors (Lipinski definition) is 3. The van der Waals surface area contributed by atoms with Crippen LogP contribution in [0.4, 0.5) is 5.69 Å². The molecule has 2 atom stereocenters. The molecule has 1 aromatic carbocycles. The summed E-state index contributed by atoms with van der Waals surface area (Å²) < 4.78 is 0. The zero-order valence-corrected chi connectivity index (χ0v) is 16.1. The summed E-state index contributed by atoms with van der Waals surface area (Å²) in [5, 5.41) is 2.94. The molecule has 2 amide bonds. The number of benzene rings is 1. The minimum atomic E-state index is -0.159. The van der Waals surface area contributed by atoms with E-state index in [0.717, 1.165) is 29.9 Å². The zero-order valence-electron chi connectivity index (χ0n) is 16.1. The van der Waals surface area contributed by atoms with Gasteiger partial charge in [-0.15, -0.1) is 0 Å². The van der Waals surface area contributed by atoms with Crippen LogP contribution >= 0.6 is 0 Å². The van der Waals surface area contributed by atoms with Crippen LogP contribution in [-0.2, 0) is 9.59 Å². The number of carbonyl (C=O) groups is 2. The predicted molar refractivity (Wildman–Crippen MR) is 102 cm³/mol. The van der Waals surface area contributed by atoms with Crippen LogP contribution < -0.4 is 5.32 Å². The second kappa shape index (κ2) is 8.48. The molecule has 5 nitrogen and oxygen atoms in total. The third-order valence-electron chi connectivity index (χ3n) is 4.86. The summed E-state index contributed by atoms with van der Waals surface area (Å²) in [6.07, 6.45) is 1.22. The first-order valence-electron chi connectivity index (χ1n) is 9.08. The summed E-state index contributed by atoms with van der Waals surface area (Å²) in [4.78, 5) is 28.5. The van der Waals surface area contributed by atoms with Gasteiger partial charge >= 0.3 is 0 Å². The van der Waals surface area contributed by atoms with Crippen LogP contribution in [0.15, 0.2) is 18.2 Å². The largest absolute Gasteiger partial charge is 0.335 e. The minimum Gasteiger partial charge on any atom is -0.335 e. The maximum absolute atomic E-state index is 12.5. The van der Waals surface area contributed by atoms with Crippen LogP contribution in [0.5, 0.6) is 0 Å². The Morgan fingerprint density at radius 2 is 1.72 bits per heavy atom. The molecule has 1 aromatic rings. The van der Waals surface area contributed by atoms with Crippen molar-refractivity contribution < 1.29 is 9.59 Å². The fourth-order valence-electron chi connectivity index (χ4n) is 3.73. The number of likely N-dealkylation sites (N-methyl/N-ethyl adjacent to an activating group) is 1. The Morgan fingerprint density at radius 1 is 1.16 bits per heavy atom. The van der Waals surface area contributed by atoms with E-state index in [-0.39, 0.29) is 18.4 Å². The molecule has 0 aliphatic carbocycles. The van der Waals surface area contributed by atoms with Crippen LogP contribution in [0, 0.1) is 25.7 Å². The van der Waals surface area contributed by atoms with Gasteiger partial charge in [0.05, 0.1) is 13.1 Å². The topological polar surface area (TPSA) is 52.7 Å². The van der Waals surface area contributed by atoms with E-state index in [0.29, 0.717) is 18.4 Å². The van der Waals surface area contributed by atoms with Crippen LogP contribution in [0.3, 0.4) is 0 Å². The summed E-state index contributed by atoms with van der Waals surface area (Å²) in [5.41, 5.74) is 2.89. The number of aryl methyl sites for hydroxylation is 2. The molecule has 1 heterocycles. The fourth-order valence-corrected chi connectivity index (χ4v) is 3.73. The fraction of sp³-hybridized carbons (Fsp3) is 0.600. The minimum absolute atomic E-state index is 0.00189. The molecule has 25 heavy (non-hydrogen) atoms. The highest BCUT2D eigenvalue weighted by atomic mass is 16.2. The Labute approximate surface area is 151 Å². The first-order valence-corrected chi connectivity index (χ1v) is 9.08. The van der Waals surface area contributed by atoms with Crippen molar-refractivity contribution in [1.82, 2.24) is 9.80 Å². The van der Waals surface area contributed by atoms with E-state index in [9.17, 15) is 9.59 Å². The Kier molecular flexibility index (Phi) is 6.59. The van der Waals surface area contributed by atoms with Gasteiger partial charge in [0.25, 0.3) is 0 Å². The van der Waals surface area contributed by atoms with Crippen molar-refractivity contribution in [2.45, 2.75) is 34.1 Å². The second-order valence-electron chi connectivity index (χ2n) is 7.70.